The number of likely N-dealkylation sites (tertiary alicyclic amines) is 1. The molecular weight excluding hydrogens is 338 g/mol. The van der Waals surface area contributed by atoms with Crippen LogP contribution in [0.2, 0.25) is 0 Å². The molecule has 27 heavy (non-hydrogen) atoms. The molecule has 1 aliphatic carbocycles. The molecule has 2 amide bonds. The molecule has 4 rings (SSSR count). The van der Waals surface area contributed by atoms with Crippen LogP contribution < -0.4 is 11.1 Å². The van der Waals surface area contributed by atoms with Gasteiger partial charge >= 0.3 is 0 Å². The van der Waals surface area contributed by atoms with Crippen LogP contribution in [0.1, 0.15) is 47.2 Å². The van der Waals surface area contributed by atoms with E-state index >= 15 is 0 Å². The highest BCUT2D eigenvalue weighted by Crippen LogP contribution is 2.52. The van der Waals surface area contributed by atoms with E-state index in [1.54, 1.807) is 0 Å². The molecular formula is C22H25N3O2. The smallest absolute Gasteiger partial charge is 0.250 e. The Bertz CT molecular complexity index is 853. The number of primary amides is 1. The molecule has 2 aliphatic rings. The second-order valence-corrected chi connectivity index (χ2v) is 7.56. The van der Waals surface area contributed by atoms with Crippen molar-refractivity contribution in [3.63, 3.8) is 0 Å². The SMILES string of the molecule is NC(=O)c1cc(C2(N3CCCC3)CC2)ccc1NC(=O)Cc1ccccc1. The van der Waals surface area contributed by atoms with E-state index in [1.165, 1.54) is 12.8 Å². The minimum atomic E-state index is -0.510. The number of carbonyl (C=O) groups excluding carboxylic acids is 2. The van der Waals surface area contributed by atoms with Gasteiger partial charge in [0.1, 0.15) is 0 Å². The molecule has 2 aromatic rings. The van der Waals surface area contributed by atoms with Gasteiger partial charge in [-0.2, -0.15) is 0 Å². The van der Waals surface area contributed by atoms with Gasteiger partial charge in [-0.25, -0.2) is 0 Å². The lowest BCUT2D eigenvalue weighted by atomic mass is 9.98. The predicted octanol–water partition coefficient (Wildman–Crippen LogP) is 3.05. The van der Waals surface area contributed by atoms with Crippen LogP contribution in [-0.2, 0) is 16.8 Å². The maximum absolute atomic E-state index is 12.4. The molecule has 0 aromatic heterocycles. The summed E-state index contributed by atoms with van der Waals surface area (Å²) in [6.07, 6.45) is 4.96. The Balaban J connectivity index is 1.55. The van der Waals surface area contributed by atoms with Gasteiger partial charge in [-0.05, 0) is 62.0 Å². The first-order valence-electron chi connectivity index (χ1n) is 9.62. The predicted molar refractivity (Wildman–Crippen MR) is 105 cm³/mol. The molecule has 0 radical (unpaired) electrons. The van der Waals surface area contributed by atoms with Gasteiger partial charge < -0.3 is 11.1 Å². The lowest BCUT2D eigenvalue weighted by molar-refractivity contribution is -0.115. The number of carbonyl (C=O) groups is 2. The fraction of sp³-hybridized carbons (Fsp3) is 0.364. The topological polar surface area (TPSA) is 75.4 Å². The minimum Gasteiger partial charge on any atom is -0.366 e. The van der Waals surface area contributed by atoms with Crippen LogP contribution in [0.15, 0.2) is 48.5 Å². The highest BCUT2D eigenvalue weighted by Gasteiger charge is 2.50. The van der Waals surface area contributed by atoms with Crippen LogP contribution in [-0.4, -0.2) is 29.8 Å². The van der Waals surface area contributed by atoms with Crippen molar-refractivity contribution in [3.05, 3.63) is 65.2 Å². The van der Waals surface area contributed by atoms with Crippen molar-refractivity contribution in [1.29, 1.82) is 0 Å². The van der Waals surface area contributed by atoms with Crippen molar-refractivity contribution in [2.75, 3.05) is 18.4 Å². The van der Waals surface area contributed by atoms with E-state index in [1.807, 2.05) is 48.5 Å². The standard InChI is InChI=1S/C22H25N3O2/c23-21(27)18-15-17(22(10-11-22)25-12-4-5-13-25)8-9-19(18)24-20(26)14-16-6-2-1-3-7-16/h1-3,6-9,15H,4-5,10-14H2,(H2,23,27)(H,24,26). The van der Waals surface area contributed by atoms with Crippen molar-refractivity contribution >= 4 is 17.5 Å². The van der Waals surface area contributed by atoms with E-state index in [2.05, 4.69) is 10.2 Å². The number of hydrogen-bond donors (Lipinski definition) is 2. The summed E-state index contributed by atoms with van der Waals surface area (Å²) in [6, 6.07) is 15.3. The molecule has 1 aliphatic heterocycles. The van der Waals surface area contributed by atoms with Gasteiger partial charge in [-0.15, -0.1) is 0 Å². The second-order valence-electron chi connectivity index (χ2n) is 7.56. The number of rotatable bonds is 6. The van der Waals surface area contributed by atoms with Crippen LogP contribution in [0.25, 0.3) is 0 Å². The molecule has 1 heterocycles. The molecule has 3 N–H and O–H groups in total. The van der Waals surface area contributed by atoms with Crippen LogP contribution in [0.5, 0.6) is 0 Å². The summed E-state index contributed by atoms with van der Waals surface area (Å²) in [5, 5.41) is 2.86. The monoisotopic (exact) mass is 363 g/mol. The van der Waals surface area contributed by atoms with Crippen LogP contribution in [0.4, 0.5) is 5.69 Å². The maximum atomic E-state index is 12.4. The average Bonchev–Trinajstić information content (AvgIpc) is 3.28. The molecule has 0 atom stereocenters. The number of nitrogens with two attached hydrogens (primary N) is 1. The molecule has 140 valence electrons. The number of nitrogens with zero attached hydrogens (tertiary/aromatic N) is 1. The number of nitrogens with one attached hydrogen (secondary N) is 1. The minimum absolute atomic E-state index is 0.0628. The highest BCUT2D eigenvalue weighted by atomic mass is 16.2. The van der Waals surface area contributed by atoms with Gasteiger partial charge in [0.25, 0.3) is 5.91 Å². The van der Waals surface area contributed by atoms with Crippen LogP contribution in [0.3, 0.4) is 0 Å². The maximum Gasteiger partial charge on any atom is 0.250 e. The summed E-state index contributed by atoms with van der Waals surface area (Å²) >= 11 is 0. The summed E-state index contributed by atoms with van der Waals surface area (Å²) < 4.78 is 0. The van der Waals surface area contributed by atoms with E-state index in [-0.39, 0.29) is 17.9 Å². The summed E-state index contributed by atoms with van der Waals surface area (Å²) in [6.45, 7) is 2.23. The Morgan fingerprint density at radius 2 is 1.74 bits per heavy atom. The third kappa shape index (κ3) is 3.60. The Kier molecular flexibility index (Phi) is 4.70. The zero-order chi connectivity index (χ0) is 18.9. The molecule has 0 unspecified atom stereocenters. The van der Waals surface area contributed by atoms with Gasteiger partial charge in [-0.3, -0.25) is 14.5 Å². The van der Waals surface area contributed by atoms with E-state index in [4.69, 9.17) is 5.73 Å². The molecule has 2 fully saturated rings. The quantitative estimate of drug-likeness (QED) is 0.828. The lowest BCUT2D eigenvalue weighted by Gasteiger charge is -2.28. The molecule has 2 aromatic carbocycles. The fourth-order valence-electron chi connectivity index (χ4n) is 4.17. The van der Waals surface area contributed by atoms with E-state index in [0.717, 1.165) is 37.1 Å². The summed E-state index contributed by atoms with van der Waals surface area (Å²) in [5.74, 6) is -0.666. The zero-order valence-corrected chi connectivity index (χ0v) is 15.4. The Hall–Kier alpha value is -2.66. The Morgan fingerprint density at radius 3 is 2.37 bits per heavy atom. The van der Waals surface area contributed by atoms with Gasteiger partial charge in [0.15, 0.2) is 0 Å². The van der Waals surface area contributed by atoms with Crippen LogP contribution >= 0.6 is 0 Å². The summed E-state index contributed by atoms with van der Waals surface area (Å²) in [5.41, 5.74) is 8.63. The number of benzene rings is 2. The molecule has 0 spiro atoms. The second kappa shape index (κ2) is 7.16. The van der Waals surface area contributed by atoms with Crippen molar-refractivity contribution < 1.29 is 9.59 Å². The van der Waals surface area contributed by atoms with E-state index < -0.39 is 5.91 Å². The van der Waals surface area contributed by atoms with E-state index in [0.29, 0.717) is 11.3 Å². The number of anilines is 1. The van der Waals surface area contributed by atoms with Gasteiger partial charge in [-0.1, -0.05) is 36.4 Å². The van der Waals surface area contributed by atoms with Gasteiger partial charge in [0.05, 0.1) is 17.7 Å². The lowest BCUT2D eigenvalue weighted by Crippen LogP contribution is -2.33. The normalized spacial score (nSPS) is 18.2. The average molecular weight is 363 g/mol. The summed E-state index contributed by atoms with van der Waals surface area (Å²) in [7, 11) is 0. The zero-order valence-electron chi connectivity index (χ0n) is 15.4. The molecule has 5 heteroatoms. The number of hydrogen-bond acceptors (Lipinski definition) is 3. The molecule has 0 bridgehead atoms. The van der Waals surface area contributed by atoms with Crippen molar-refractivity contribution in [1.82, 2.24) is 4.90 Å². The molecule has 1 saturated carbocycles. The third-order valence-electron chi connectivity index (χ3n) is 5.74. The van der Waals surface area contributed by atoms with Crippen molar-refractivity contribution in [2.24, 2.45) is 5.73 Å². The van der Waals surface area contributed by atoms with Gasteiger partial charge in [0, 0.05) is 5.54 Å². The molecule has 5 nitrogen and oxygen atoms in total. The van der Waals surface area contributed by atoms with E-state index in [9.17, 15) is 9.59 Å². The highest BCUT2D eigenvalue weighted by molar-refractivity contribution is 6.03. The first-order valence-corrected chi connectivity index (χ1v) is 9.62. The largest absolute Gasteiger partial charge is 0.366 e. The Morgan fingerprint density at radius 1 is 1.04 bits per heavy atom. The summed E-state index contributed by atoms with van der Waals surface area (Å²) in [4.78, 5) is 27.0. The fourth-order valence-corrected chi connectivity index (χ4v) is 4.17. The van der Waals surface area contributed by atoms with Crippen LogP contribution in [0, 0.1) is 0 Å². The first-order chi connectivity index (χ1) is 13.1. The first kappa shape index (κ1) is 17.7. The Labute approximate surface area is 159 Å². The number of amides is 2. The third-order valence-corrected chi connectivity index (χ3v) is 5.74. The van der Waals surface area contributed by atoms with Crippen molar-refractivity contribution in [3.8, 4) is 0 Å². The molecule has 1 saturated heterocycles. The van der Waals surface area contributed by atoms with Crippen molar-refractivity contribution in [2.45, 2.75) is 37.6 Å². The van der Waals surface area contributed by atoms with Gasteiger partial charge in [0.2, 0.25) is 5.91 Å².